The molecule has 2 fully saturated rings. The van der Waals surface area contributed by atoms with Crippen molar-refractivity contribution in [2.45, 2.75) is 37.1 Å². The normalized spacial score (nSPS) is 21.4. The smallest absolute Gasteiger partial charge is 0.244 e. The van der Waals surface area contributed by atoms with Gasteiger partial charge in [-0.2, -0.15) is 4.31 Å². The van der Waals surface area contributed by atoms with Gasteiger partial charge in [0.2, 0.25) is 10.0 Å². The van der Waals surface area contributed by atoms with E-state index in [1.807, 2.05) is 12.1 Å². The molecule has 0 saturated carbocycles. The van der Waals surface area contributed by atoms with Crippen LogP contribution in [0.3, 0.4) is 0 Å². The quantitative estimate of drug-likeness (QED) is 0.735. The summed E-state index contributed by atoms with van der Waals surface area (Å²) in [6.07, 6.45) is 3.64. The van der Waals surface area contributed by atoms with Crippen LogP contribution in [0.4, 0.5) is 11.6 Å². The van der Waals surface area contributed by atoms with Crippen molar-refractivity contribution >= 4 is 33.3 Å². The van der Waals surface area contributed by atoms with Crippen molar-refractivity contribution in [3.63, 3.8) is 0 Å². The Bertz CT molecular complexity index is 946. The molecule has 0 radical (unpaired) electrons. The van der Waals surface area contributed by atoms with Gasteiger partial charge in [0.1, 0.15) is 4.90 Å². The highest BCUT2D eigenvalue weighted by atomic mass is 35.5. The Balaban J connectivity index is 1.41. The number of piperazine rings is 1. The second kappa shape index (κ2) is 8.45. The fraction of sp³-hybridized carbons (Fsp3) is 0.500. The second-order valence-corrected chi connectivity index (χ2v) is 9.92. The Morgan fingerprint density at radius 3 is 2.28 bits per heavy atom. The highest BCUT2D eigenvalue weighted by molar-refractivity contribution is 7.89. The largest absolute Gasteiger partial charge is 0.352 e. The monoisotopic (exact) mass is 435 g/mol. The minimum absolute atomic E-state index is 0.162. The topological polar surface area (TPSA) is 69.6 Å². The maximum absolute atomic E-state index is 12.9. The molecule has 0 amide bonds. The van der Waals surface area contributed by atoms with E-state index >= 15 is 0 Å². The lowest BCUT2D eigenvalue weighted by atomic mass is 10.0. The summed E-state index contributed by atoms with van der Waals surface area (Å²) in [6, 6.07) is 11.1. The lowest BCUT2D eigenvalue weighted by molar-refractivity contribution is 0.383. The first kappa shape index (κ1) is 20.4. The van der Waals surface area contributed by atoms with Gasteiger partial charge in [-0.25, -0.2) is 8.42 Å². The van der Waals surface area contributed by atoms with Gasteiger partial charge in [-0.15, -0.1) is 10.2 Å². The van der Waals surface area contributed by atoms with E-state index in [-0.39, 0.29) is 9.92 Å². The van der Waals surface area contributed by atoms with E-state index in [9.17, 15) is 8.42 Å². The lowest BCUT2D eigenvalue weighted by Crippen LogP contribution is -2.49. The number of aromatic nitrogens is 2. The van der Waals surface area contributed by atoms with E-state index in [1.54, 1.807) is 24.3 Å². The molecule has 0 unspecified atom stereocenters. The number of halogens is 1. The van der Waals surface area contributed by atoms with Crippen molar-refractivity contribution in [1.29, 1.82) is 0 Å². The Morgan fingerprint density at radius 2 is 1.62 bits per heavy atom. The first-order valence-corrected chi connectivity index (χ1v) is 11.9. The van der Waals surface area contributed by atoms with Crippen LogP contribution in [0.5, 0.6) is 0 Å². The Morgan fingerprint density at radius 1 is 0.931 bits per heavy atom. The molecule has 0 spiro atoms. The van der Waals surface area contributed by atoms with Gasteiger partial charge in [-0.1, -0.05) is 23.7 Å². The van der Waals surface area contributed by atoms with Gasteiger partial charge in [-0.3, -0.25) is 0 Å². The molecule has 0 N–H and O–H groups in total. The summed E-state index contributed by atoms with van der Waals surface area (Å²) in [7, 11) is -3.59. The maximum atomic E-state index is 12.9. The zero-order valence-electron chi connectivity index (χ0n) is 16.5. The van der Waals surface area contributed by atoms with Crippen molar-refractivity contribution in [3.8, 4) is 0 Å². The van der Waals surface area contributed by atoms with Crippen LogP contribution in [-0.4, -0.2) is 61.7 Å². The molecule has 4 rings (SSSR count). The molecule has 3 heterocycles. The predicted molar refractivity (Wildman–Crippen MR) is 115 cm³/mol. The molecule has 1 aromatic carbocycles. The third kappa shape index (κ3) is 4.20. The van der Waals surface area contributed by atoms with Gasteiger partial charge < -0.3 is 9.80 Å². The molecule has 0 aliphatic carbocycles. The Kier molecular flexibility index (Phi) is 5.94. The van der Waals surface area contributed by atoms with Gasteiger partial charge in [0, 0.05) is 38.8 Å². The number of nitrogens with zero attached hydrogens (tertiary/aromatic N) is 5. The van der Waals surface area contributed by atoms with Crippen LogP contribution >= 0.6 is 11.6 Å². The molecular formula is C20H26ClN5O2S. The van der Waals surface area contributed by atoms with Crippen LogP contribution in [0, 0.1) is 0 Å². The minimum Gasteiger partial charge on any atom is -0.352 e. The fourth-order valence-electron chi connectivity index (χ4n) is 4.03. The molecular weight excluding hydrogens is 410 g/mol. The molecule has 1 aromatic heterocycles. The fourth-order valence-corrected chi connectivity index (χ4v) is 5.94. The van der Waals surface area contributed by atoms with Gasteiger partial charge >= 0.3 is 0 Å². The summed E-state index contributed by atoms with van der Waals surface area (Å²) < 4.78 is 27.3. The van der Waals surface area contributed by atoms with Gasteiger partial charge in [0.15, 0.2) is 11.6 Å². The Labute approximate surface area is 177 Å². The molecule has 2 aliphatic heterocycles. The van der Waals surface area contributed by atoms with Crippen molar-refractivity contribution in [1.82, 2.24) is 14.5 Å². The van der Waals surface area contributed by atoms with Gasteiger partial charge in [-0.05, 0) is 50.5 Å². The highest BCUT2D eigenvalue weighted by Gasteiger charge is 2.30. The van der Waals surface area contributed by atoms with Crippen molar-refractivity contribution in [3.05, 3.63) is 41.4 Å². The van der Waals surface area contributed by atoms with E-state index in [2.05, 4.69) is 26.9 Å². The van der Waals surface area contributed by atoms with Crippen LogP contribution in [0.2, 0.25) is 5.02 Å². The molecule has 7 nitrogen and oxygen atoms in total. The van der Waals surface area contributed by atoms with Crippen LogP contribution < -0.4 is 9.80 Å². The first-order valence-electron chi connectivity index (χ1n) is 10.1. The summed E-state index contributed by atoms with van der Waals surface area (Å²) >= 11 is 6.10. The van der Waals surface area contributed by atoms with E-state index in [0.717, 1.165) is 18.2 Å². The standard InChI is InChI=1S/C20H26ClN5O2S/c1-16-6-4-5-11-26(16)20-10-9-19(22-23-20)24-12-14-25(15-13-24)29(27,28)18-8-3-2-7-17(18)21/h2-3,7-10,16H,4-6,11-15H2,1H3/t16-/m0/s1. The van der Waals surface area contributed by atoms with Crippen LogP contribution in [0.15, 0.2) is 41.3 Å². The third-order valence-electron chi connectivity index (χ3n) is 5.75. The molecule has 0 bridgehead atoms. The minimum atomic E-state index is -3.59. The number of hydrogen-bond acceptors (Lipinski definition) is 6. The summed E-state index contributed by atoms with van der Waals surface area (Å²) in [6.45, 7) is 5.16. The zero-order chi connectivity index (χ0) is 20.4. The molecule has 1 atom stereocenters. The SMILES string of the molecule is C[C@H]1CCCCN1c1ccc(N2CCN(S(=O)(=O)c3ccccc3Cl)CC2)nn1. The predicted octanol–water partition coefficient (Wildman–Crippen LogP) is 3.02. The average Bonchev–Trinajstić information content (AvgIpc) is 2.74. The Hall–Kier alpha value is -1.90. The highest BCUT2D eigenvalue weighted by Crippen LogP contribution is 2.27. The van der Waals surface area contributed by atoms with E-state index in [0.29, 0.717) is 32.2 Å². The molecule has 2 aromatic rings. The summed E-state index contributed by atoms with van der Waals surface area (Å²) in [5, 5.41) is 9.11. The average molecular weight is 436 g/mol. The first-order chi connectivity index (χ1) is 14.0. The lowest BCUT2D eigenvalue weighted by Gasteiger charge is -2.35. The number of sulfonamides is 1. The van der Waals surface area contributed by atoms with Crippen LogP contribution in [-0.2, 0) is 10.0 Å². The van der Waals surface area contributed by atoms with Crippen LogP contribution in [0.25, 0.3) is 0 Å². The number of piperidine rings is 1. The summed E-state index contributed by atoms with van der Waals surface area (Å²) in [5.74, 6) is 1.70. The van der Waals surface area contributed by atoms with E-state index < -0.39 is 10.0 Å². The van der Waals surface area contributed by atoms with Gasteiger partial charge in [0.25, 0.3) is 0 Å². The van der Waals surface area contributed by atoms with Crippen molar-refractivity contribution in [2.75, 3.05) is 42.5 Å². The molecule has 29 heavy (non-hydrogen) atoms. The van der Waals surface area contributed by atoms with E-state index in [4.69, 9.17) is 11.6 Å². The number of rotatable bonds is 4. The molecule has 2 saturated heterocycles. The molecule has 2 aliphatic rings. The van der Waals surface area contributed by atoms with E-state index in [1.165, 1.54) is 23.6 Å². The summed E-state index contributed by atoms with van der Waals surface area (Å²) in [4.78, 5) is 4.55. The third-order valence-corrected chi connectivity index (χ3v) is 8.15. The summed E-state index contributed by atoms with van der Waals surface area (Å²) in [5.41, 5.74) is 0. The number of benzene rings is 1. The maximum Gasteiger partial charge on any atom is 0.244 e. The number of hydrogen-bond donors (Lipinski definition) is 0. The molecule has 156 valence electrons. The number of anilines is 2. The zero-order valence-corrected chi connectivity index (χ0v) is 18.1. The van der Waals surface area contributed by atoms with Crippen LogP contribution in [0.1, 0.15) is 26.2 Å². The van der Waals surface area contributed by atoms with Gasteiger partial charge in [0.05, 0.1) is 5.02 Å². The van der Waals surface area contributed by atoms with Crippen molar-refractivity contribution < 1.29 is 8.42 Å². The second-order valence-electron chi connectivity index (χ2n) is 7.61. The molecule has 9 heteroatoms. The van der Waals surface area contributed by atoms with Crippen molar-refractivity contribution in [2.24, 2.45) is 0 Å².